The van der Waals surface area contributed by atoms with Crippen LogP contribution >= 0.6 is 0 Å². The summed E-state index contributed by atoms with van der Waals surface area (Å²) in [5.41, 5.74) is 2.35. The van der Waals surface area contributed by atoms with Gasteiger partial charge in [0.05, 0.1) is 12.7 Å². The van der Waals surface area contributed by atoms with Gasteiger partial charge in [-0.05, 0) is 36.6 Å². The van der Waals surface area contributed by atoms with Crippen LogP contribution in [0.1, 0.15) is 35.7 Å². The summed E-state index contributed by atoms with van der Waals surface area (Å²) in [7, 11) is 1.64. The van der Waals surface area contributed by atoms with Crippen molar-refractivity contribution in [3.05, 3.63) is 29.3 Å². The third-order valence-electron chi connectivity index (χ3n) is 4.46. The van der Waals surface area contributed by atoms with Crippen LogP contribution in [0.4, 0.5) is 0 Å². The minimum absolute atomic E-state index is 0.146. The molecule has 18 heavy (non-hydrogen) atoms. The van der Waals surface area contributed by atoms with E-state index in [1.165, 1.54) is 12.0 Å². The molecule has 3 nitrogen and oxygen atoms in total. The highest BCUT2D eigenvalue weighted by Gasteiger charge is 2.58. The van der Waals surface area contributed by atoms with Gasteiger partial charge in [0.15, 0.2) is 5.78 Å². The topological polar surface area (TPSA) is 38.3 Å². The molecule has 1 saturated carbocycles. The van der Waals surface area contributed by atoms with E-state index in [0.717, 1.165) is 24.8 Å². The first kappa shape index (κ1) is 11.7. The van der Waals surface area contributed by atoms with Crippen molar-refractivity contribution in [1.29, 1.82) is 0 Å². The summed E-state index contributed by atoms with van der Waals surface area (Å²) in [5, 5.41) is 3.44. The normalized spacial score (nSPS) is 28.9. The standard InChI is InChI=1S/C15H19NO2/c1-3-13(17)12-5-4-10(6-14(12)18-2)15-7-11(15)8-16-9-15/h4-6,11,16H,3,7-9H2,1-2H3/t11-,15+/m1/s1. The van der Waals surface area contributed by atoms with Gasteiger partial charge in [-0.1, -0.05) is 13.0 Å². The number of piperidine rings is 1. The maximum Gasteiger partial charge on any atom is 0.166 e. The Balaban J connectivity index is 1.97. The van der Waals surface area contributed by atoms with Gasteiger partial charge in [0.25, 0.3) is 0 Å². The Hall–Kier alpha value is -1.35. The van der Waals surface area contributed by atoms with E-state index < -0.39 is 0 Å². The van der Waals surface area contributed by atoms with Gasteiger partial charge in [0.1, 0.15) is 5.75 Å². The van der Waals surface area contributed by atoms with Gasteiger partial charge in [-0.25, -0.2) is 0 Å². The van der Waals surface area contributed by atoms with Crippen LogP contribution in [-0.4, -0.2) is 26.0 Å². The molecule has 1 N–H and O–H groups in total. The molecule has 3 rings (SSSR count). The van der Waals surface area contributed by atoms with E-state index in [9.17, 15) is 4.79 Å². The Morgan fingerprint density at radius 1 is 1.56 bits per heavy atom. The Bertz CT molecular complexity index is 497. The molecule has 0 radical (unpaired) electrons. The van der Waals surface area contributed by atoms with E-state index in [1.54, 1.807) is 7.11 Å². The number of Topliss-reactive ketones (excluding diaryl/α,β-unsaturated/α-hetero) is 1. The lowest BCUT2D eigenvalue weighted by Gasteiger charge is -2.15. The van der Waals surface area contributed by atoms with E-state index in [-0.39, 0.29) is 5.78 Å². The summed E-state index contributed by atoms with van der Waals surface area (Å²) in [6.07, 6.45) is 1.79. The monoisotopic (exact) mass is 245 g/mol. The van der Waals surface area contributed by atoms with Gasteiger partial charge in [-0.2, -0.15) is 0 Å². The number of methoxy groups -OCH3 is 1. The molecule has 0 spiro atoms. The first-order valence-corrected chi connectivity index (χ1v) is 6.63. The van der Waals surface area contributed by atoms with Crippen molar-refractivity contribution in [2.45, 2.75) is 25.2 Å². The molecule has 2 atom stereocenters. The highest BCUT2D eigenvalue weighted by Crippen LogP contribution is 2.56. The summed E-state index contributed by atoms with van der Waals surface area (Å²) in [6, 6.07) is 6.11. The van der Waals surface area contributed by atoms with Crippen LogP contribution in [0, 0.1) is 5.92 Å². The molecule has 2 fully saturated rings. The van der Waals surface area contributed by atoms with Gasteiger partial charge >= 0.3 is 0 Å². The number of hydrogen-bond donors (Lipinski definition) is 1. The fourth-order valence-electron chi connectivity index (χ4n) is 3.21. The van der Waals surface area contributed by atoms with Crippen LogP contribution < -0.4 is 10.1 Å². The second-order valence-corrected chi connectivity index (χ2v) is 5.38. The molecule has 1 saturated heterocycles. The van der Waals surface area contributed by atoms with Crippen LogP contribution in [0.2, 0.25) is 0 Å². The van der Waals surface area contributed by atoms with Gasteiger partial charge in [0, 0.05) is 18.4 Å². The first-order chi connectivity index (χ1) is 8.71. The van der Waals surface area contributed by atoms with E-state index in [0.29, 0.717) is 17.4 Å². The minimum Gasteiger partial charge on any atom is -0.496 e. The number of ether oxygens (including phenoxy) is 1. The lowest BCUT2D eigenvalue weighted by Crippen LogP contribution is -2.19. The van der Waals surface area contributed by atoms with Gasteiger partial charge in [-0.3, -0.25) is 4.79 Å². The molecule has 1 aliphatic heterocycles. The van der Waals surface area contributed by atoms with Crippen LogP contribution in [0.25, 0.3) is 0 Å². The zero-order valence-corrected chi connectivity index (χ0v) is 11.0. The van der Waals surface area contributed by atoms with Crippen molar-refractivity contribution in [3.63, 3.8) is 0 Å². The summed E-state index contributed by atoms with van der Waals surface area (Å²) in [4.78, 5) is 11.8. The highest BCUT2D eigenvalue weighted by atomic mass is 16.5. The Labute approximate surface area is 108 Å². The molecule has 96 valence electrons. The number of carbonyl (C=O) groups excluding carboxylic acids is 1. The van der Waals surface area contributed by atoms with Crippen LogP contribution in [0.5, 0.6) is 5.75 Å². The minimum atomic E-state index is 0.146. The van der Waals surface area contributed by atoms with Gasteiger partial charge in [-0.15, -0.1) is 0 Å². The van der Waals surface area contributed by atoms with Crippen LogP contribution in [0.3, 0.4) is 0 Å². The van der Waals surface area contributed by atoms with Crippen molar-refractivity contribution in [3.8, 4) is 5.75 Å². The molecule has 3 heteroatoms. The van der Waals surface area contributed by atoms with E-state index in [2.05, 4.69) is 17.4 Å². The molecule has 1 aliphatic carbocycles. The fourth-order valence-corrected chi connectivity index (χ4v) is 3.21. The SMILES string of the molecule is CCC(=O)c1ccc([C@]23CNC[C@H]2C3)cc1OC. The number of rotatable bonds is 4. The quantitative estimate of drug-likeness (QED) is 0.826. The second-order valence-electron chi connectivity index (χ2n) is 5.38. The Morgan fingerprint density at radius 3 is 2.94 bits per heavy atom. The Morgan fingerprint density at radius 2 is 2.39 bits per heavy atom. The third kappa shape index (κ3) is 1.57. The number of fused-ring (bicyclic) bond motifs is 1. The lowest BCUT2D eigenvalue weighted by atomic mass is 9.93. The fraction of sp³-hybridized carbons (Fsp3) is 0.533. The average Bonchev–Trinajstić information content (AvgIpc) is 2.99. The summed E-state index contributed by atoms with van der Waals surface area (Å²) < 4.78 is 5.39. The summed E-state index contributed by atoms with van der Waals surface area (Å²) in [5.74, 6) is 1.65. The van der Waals surface area contributed by atoms with Gasteiger partial charge < -0.3 is 10.1 Å². The number of carbonyl (C=O) groups is 1. The zero-order valence-electron chi connectivity index (χ0n) is 11.0. The molecule has 0 aromatic heterocycles. The number of nitrogens with one attached hydrogen (secondary N) is 1. The molecule has 0 amide bonds. The van der Waals surface area contributed by atoms with Crippen molar-refractivity contribution < 1.29 is 9.53 Å². The molecular formula is C15H19NO2. The second kappa shape index (κ2) is 4.09. The number of benzene rings is 1. The maximum absolute atomic E-state index is 11.8. The summed E-state index contributed by atoms with van der Waals surface area (Å²) >= 11 is 0. The van der Waals surface area contributed by atoms with E-state index in [4.69, 9.17) is 4.74 Å². The average molecular weight is 245 g/mol. The molecule has 0 bridgehead atoms. The number of hydrogen-bond acceptors (Lipinski definition) is 3. The van der Waals surface area contributed by atoms with Crippen LogP contribution in [0.15, 0.2) is 18.2 Å². The molecule has 2 aliphatic rings. The molecular weight excluding hydrogens is 226 g/mol. The highest BCUT2D eigenvalue weighted by molar-refractivity contribution is 5.98. The maximum atomic E-state index is 11.8. The van der Waals surface area contributed by atoms with Crippen molar-refractivity contribution in [2.75, 3.05) is 20.2 Å². The van der Waals surface area contributed by atoms with Crippen LogP contribution in [-0.2, 0) is 5.41 Å². The lowest BCUT2D eigenvalue weighted by molar-refractivity contribution is 0.0985. The van der Waals surface area contributed by atoms with Crippen molar-refractivity contribution >= 4 is 5.78 Å². The first-order valence-electron chi connectivity index (χ1n) is 6.63. The molecule has 0 unspecified atom stereocenters. The Kier molecular flexibility index (Phi) is 2.67. The van der Waals surface area contributed by atoms with E-state index >= 15 is 0 Å². The zero-order chi connectivity index (χ0) is 12.8. The van der Waals surface area contributed by atoms with Crippen molar-refractivity contribution in [2.24, 2.45) is 5.92 Å². The van der Waals surface area contributed by atoms with E-state index in [1.807, 2.05) is 13.0 Å². The number of ketones is 1. The van der Waals surface area contributed by atoms with Crippen molar-refractivity contribution in [1.82, 2.24) is 5.32 Å². The third-order valence-corrected chi connectivity index (χ3v) is 4.46. The largest absolute Gasteiger partial charge is 0.496 e. The predicted molar refractivity (Wildman–Crippen MR) is 70.3 cm³/mol. The molecule has 1 heterocycles. The molecule has 1 aromatic rings. The predicted octanol–water partition coefficient (Wildman–Crippen LogP) is 2.15. The molecule has 1 aromatic carbocycles. The summed E-state index contributed by atoms with van der Waals surface area (Å²) in [6.45, 7) is 4.06. The van der Waals surface area contributed by atoms with Gasteiger partial charge in [0.2, 0.25) is 0 Å². The smallest absolute Gasteiger partial charge is 0.166 e.